The maximum atomic E-state index is 14.6. The third-order valence-electron chi connectivity index (χ3n) is 18.9. The van der Waals surface area contributed by atoms with E-state index in [1.54, 1.807) is 90.1 Å². The Labute approximate surface area is 692 Å². The van der Waals surface area contributed by atoms with Crippen molar-refractivity contribution in [2.45, 2.75) is 212 Å². The van der Waals surface area contributed by atoms with Gasteiger partial charge in [-0.05, 0) is 133 Å². The van der Waals surface area contributed by atoms with Gasteiger partial charge in [-0.15, -0.1) is 0 Å². The number of primary amides is 2. The molecule has 0 saturated carbocycles. The van der Waals surface area contributed by atoms with Gasteiger partial charge in [0.1, 0.15) is 71.9 Å². The summed E-state index contributed by atoms with van der Waals surface area (Å²) in [6.45, 7) is 12.2. The lowest BCUT2D eigenvalue weighted by Crippen LogP contribution is -2.63. The van der Waals surface area contributed by atoms with E-state index in [4.69, 9.17) is 80.2 Å². The average molecular weight is 1700 g/mol. The first-order chi connectivity index (χ1) is 54.5. The van der Waals surface area contributed by atoms with Gasteiger partial charge in [0.05, 0.1) is 12.5 Å². The van der Waals surface area contributed by atoms with Crippen LogP contribution in [0, 0.1) is 28.6 Å². The zero-order chi connectivity index (χ0) is 87.0. The maximum Gasteiger partial charge on any atom is 0.303 e. The summed E-state index contributed by atoms with van der Waals surface area (Å²) in [6.07, 6.45) is -4.46. The molecule has 12 amide bonds. The molecule has 0 aliphatic heterocycles. The van der Waals surface area contributed by atoms with Gasteiger partial charge in [0.25, 0.3) is 0 Å². The Morgan fingerprint density at radius 2 is 0.802 bits per heavy atom. The first-order valence-corrected chi connectivity index (χ1v) is 39.2. The van der Waals surface area contributed by atoms with Crippen molar-refractivity contribution in [2.24, 2.45) is 40.7 Å². The molecular formula is C77H108Cl4N18O17. The molecular weight excluding hydrogens is 1590 g/mol. The van der Waals surface area contributed by atoms with Crippen molar-refractivity contribution >= 4 is 135 Å². The number of carboxylic acids is 1. The second-order valence-electron chi connectivity index (χ2n) is 28.8. The number of phenols is 2. The zero-order valence-corrected chi connectivity index (χ0v) is 68.8. The lowest BCUT2D eigenvalue weighted by Gasteiger charge is -2.31. The minimum absolute atomic E-state index is 0.0122. The average Bonchev–Trinajstić information content (AvgIpc) is 0.836. The van der Waals surface area contributed by atoms with Crippen molar-refractivity contribution in [2.75, 3.05) is 13.1 Å². The predicted octanol–water partition coefficient (Wildman–Crippen LogP) is 1.82. The normalized spacial score (nSPS) is 14.5. The van der Waals surface area contributed by atoms with Crippen LogP contribution >= 0.6 is 46.4 Å². The Bertz CT molecular complexity index is 4140. The first-order valence-electron chi connectivity index (χ1n) is 37.6. The molecule has 4 aromatic rings. The summed E-state index contributed by atoms with van der Waals surface area (Å²) in [5, 5.41) is 89.7. The number of hydrogen-bond acceptors (Lipinski definition) is 18. The van der Waals surface area contributed by atoms with Gasteiger partial charge in [-0.2, -0.15) is 0 Å². The number of phenolic OH excluding ortho intramolecular Hbond substituents is 2. The third kappa shape index (κ3) is 32.5. The quantitative estimate of drug-likeness (QED) is 0.0170. The predicted molar refractivity (Wildman–Crippen MR) is 435 cm³/mol. The van der Waals surface area contributed by atoms with Gasteiger partial charge in [0, 0.05) is 72.2 Å². The van der Waals surface area contributed by atoms with Crippen molar-refractivity contribution in [3.05, 3.63) is 126 Å². The number of halogens is 4. The molecule has 4 rings (SSSR count). The molecule has 39 heteroatoms. The van der Waals surface area contributed by atoms with Gasteiger partial charge in [-0.1, -0.05) is 137 Å². The van der Waals surface area contributed by atoms with Crippen LogP contribution in [0.4, 0.5) is 0 Å². The second kappa shape index (κ2) is 47.9. The minimum atomic E-state index is -1.93. The van der Waals surface area contributed by atoms with Crippen molar-refractivity contribution in [1.82, 2.24) is 63.8 Å². The molecule has 0 saturated heterocycles. The molecule has 0 heterocycles. The van der Waals surface area contributed by atoms with Crippen molar-refractivity contribution < 1.29 is 82.8 Å². The fraction of sp³-hybridized carbons (Fsp3) is 0.494. The van der Waals surface area contributed by atoms with E-state index in [1.165, 1.54) is 31.2 Å². The number of aliphatic carboxylic acids is 1. The number of carboxylic acid groups (broad SMARTS) is 1. The van der Waals surface area contributed by atoms with Crippen LogP contribution in [0.3, 0.4) is 0 Å². The highest BCUT2D eigenvalue weighted by atomic mass is 35.5. The van der Waals surface area contributed by atoms with Crippen molar-refractivity contribution in [3.8, 4) is 11.5 Å². The molecule has 13 atom stereocenters. The molecule has 0 aliphatic carbocycles. The molecule has 0 bridgehead atoms. The summed E-state index contributed by atoms with van der Waals surface area (Å²) in [5.41, 5.74) is 25.1. The summed E-state index contributed by atoms with van der Waals surface area (Å²) in [5.74, 6) is -16.5. The number of benzene rings is 4. The number of rotatable bonds is 48. The maximum absolute atomic E-state index is 14.6. The SMILES string of the molecule is CC[C@H](C)[C@H](NC(=O)[C@H](Cc1ccc(O)c(Cc2c(Cl)cccc2Cl)c1)NC(C)=O)C(=O)N[C@@H](CC(N)=O)C(=O)N[C@@H](CC(C)C)C(=O)N[C@H](C(=O)N[C@@H](C(=O)N[C@@H](CCCNC(=N)N)C(=O)N[C@@H](CCC(=O)O)C(=O)N[C@@H](CCCNC(=N)N)C(=O)N[C@@H](Cc1ccc(O)c(Cc2c(Cl)cccc2Cl)c1)C(N)=O)[C@@H](C)O)[C@@H](C)CC. The molecule has 0 fully saturated rings. The van der Waals surface area contributed by atoms with Crippen LogP contribution < -0.4 is 86.7 Å². The smallest absolute Gasteiger partial charge is 0.303 e. The number of carbonyl (C=O) groups excluding carboxylic acids is 12. The molecule has 636 valence electrons. The van der Waals surface area contributed by atoms with Gasteiger partial charge in [-0.25, -0.2) is 0 Å². The van der Waals surface area contributed by atoms with E-state index in [9.17, 15) is 82.8 Å². The van der Waals surface area contributed by atoms with Crippen LogP contribution in [0.1, 0.15) is 153 Å². The first kappa shape index (κ1) is 97.6. The van der Waals surface area contributed by atoms with E-state index >= 15 is 0 Å². The van der Waals surface area contributed by atoms with Gasteiger partial charge in [0.2, 0.25) is 70.9 Å². The molecule has 4 aromatic carbocycles. The summed E-state index contributed by atoms with van der Waals surface area (Å²) in [6, 6.07) is 2.64. The van der Waals surface area contributed by atoms with Crippen molar-refractivity contribution in [3.63, 3.8) is 0 Å². The van der Waals surface area contributed by atoms with Crippen LogP contribution in [0.25, 0.3) is 0 Å². The molecule has 0 aromatic heterocycles. The fourth-order valence-electron chi connectivity index (χ4n) is 12.2. The van der Waals surface area contributed by atoms with Crippen LogP contribution in [0.15, 0.2) is 72.8 Å². The summed E-state index contributed by atoms with van der Waals surface area (Å²) in [4.78, 5) is 181. The van der Waals surface area contributed by atoms with Crippen LogP contribution in [0.5, 0.6) is 11.5 Å². The van der Waals surface area contributed by atoms with E-state index in [0.29, 0.717) is 53.5 Å². The molecule has 0 aliphatic rings. The van der Waals surface area contributed by atoms with Gasteiger partial charge in [-0.3, -0.25) is 73.1 Å². The minimum Gasteiger partial charge on any atom is -0.508 e. The number of aliphatic hydroxyl groups is 1. The molecule has 26 N–H and O–H groups in total. The Morgan fingerprint density at radius 3 is 1.19 bits per heavy atom. The number of aliphatic hydroxyl groups excluding tert-OH is 1. The Balaban J connectivity index is 1.60. The molecule has 0 spiro atoms. The topological polar surface area (TPSA) is 599 Å². The van der Waals surface area contributed by atoms with Crippen molar-refractivity contribution in [1.29, 1.82) is 10.8 Å². The Hall–Kier alpha value is -10.8. The van der Waals surface area contributed by atoms with E-state index in [0.717, 1.165) is 6.92 Å². The summed E-state index contributed by atoms with van der Waals surface area (Å²) in [7, 11) is 0. The van der Waals surface area contributed by atoms with Crippen LogP contribution in [-0.2, 0) is 88.0 Å². The van der Waals surface area contributed by atoms with E-state index in [-0.39, 0.29) is 101 Å². The van der Waals surface area contributed by atoms with E-state index < -0.39 is 186 Å². The Morgan fingerprint density at radius 1 is 0.448 bits per heavy atom. The monoisotopic (exact) mass is 1700 g/mol. The molecule has 35 nitrogen and oxygen atoms in total. The largest absolute Gasteiger partial charge is 0.508 e. The van der Waals surface area contributed by atoms with Crippen LogP contribution in [-0.4, -0.2) is 189 Å². The fourth-order valence-corrected chi connectivity index (χ4v) is 13.2. The van der Waals surface area contributed by atoms with Gasteiger partial charge < -0.3 is 107 Å². The lowest BCUT2D eigenvalue weighted by atomic mass is 9.95. The number of hydrogen-bond donors (Lipinski definition) is 22. The highest BCUT2D eigenvalue weighted by Gasteiger charge is 2.39. The lowest BCUT2D eigenvalue weighted by molar-refractivity contribution is -0.139. The highest BCUT2D eigenvalue weighted by Crippen LogP contribution is 2.33. The Kier molecular flexibility index (Phi) is 40.3. The number of nitrogens with two attached hydrogens (primary N) is 4. The summed E-state index contributed by atoms with van der Waals surface area (Å²) < 4.78 is 0. The van der Waals surface area contributed by atoms with E-state index in [1.807, 2.05) is 0 Å². The standard InChI is InChI=1S/C77H108Cl4N18O17/c1-9-38(5)63(97-72(113)57(90-41(8)101)33-43-22-25-60(103)45(31-43)35-47-50(80)17-12-18-51(47)81)73(114)96-58(36-61(82)104)70(111)95-56(29-37(3)4)71(112)98-64(39(6)10-2)74(115)99-65(40(7)100)75(116)93-53(20-14-28-89-77(86)87)67(108)92-54(23-26-62(105)106)69(110)91-52(19-13-27-88-76(84)85)68(109)94-55(66(83)107)32-42-21-24-59(102)44(30-42)34-46-48(78)15-11-16-49(46)79/h11-12,15-18,21-22,24-25,30-31,37-40,52-58,63-65,100,102-103H,9-10,13-14,19-20,23,26-29,32-36H2,1-8H3,(H2,82,104)(H2,83,107)(H,90,101)(H,91,110)(H,92,108)(H,93,116)(H,94,109)(H,95,111)(H,96,114)(H,97,113)(H,98,112)(H,99,115)(H,105,106)(H4,84,85,88)(H4,86,87,89)/t38-,39-,40+,52-,53-,54-,55-,56-,57-,58-,63-,64-,65+/m0/s1. The number of amides is 12. The molecule has 0 radical (unpaired) electrons. The number of nitrogens with one attached hydrogen (secondary N) is 14. The third-order valence-corrected chi connectivity index (χ3v) is 20.3. The highest BCUT2D eigenvalue weighted by molar-refractivity contribution is 6.36. The number of guanidine groups is 2. The molecule has 0 unspecified atom stereocenters. The molecule has 116 heavy (non-hydrogen) atoms. The second-order valence-corrected chi connectivity index (χ2v) is 30.4. The van der Waals surface area contributed by atoms with Crippen LogP contribution in [0.2, 0.25) is 20.1 Å². The van der Waals surface area contributed by atoms with E-state index in [2.05, 4.69) is 63.8 Å². The zero-order valence-electron chi connectivity index (χ0n) is 65.7. The number of carbonyl (C=O) groups is 13. The van der Waals surface area contributed by atoms with Gasteiger partial charge in [0.15, 0.2) is 11.9 Å². The summed E-state index contributed by atoms with van der Waals surface area (Å²) >= 11 is 25.7. The van der Waals surface area contributed by atoms with Gasteiger partial charge >= 0.3 is 5.97 Å². The number of aromatic hydroxyl groups is 2.